The van der Waals surface area contributed by atoms with Crippen molar-refractivity contribution < 1.29 is 9.68 Å². The van der Waals surface area contributed by atoms with Gasteiger partial charge in [0.2, 0.25) is 0 Å². The number of rotatable bonds is 4. The van der Waals surface area contributed by atoms with Gasteiger partial charge in [-0.25, -0.2) is 0 Å². The lowest BCUT2D eigenvalue weighted by Gasteiger charge is -2.31. The maximum atomic E-state index is 9.08. The highest BCUT2D eigenvalue weighted by atomic mass is 28.3. The van der Waals surface area contributed by atoms with Crippen molar-refractivity contribution in [1.29, 1.82) is 0 Å². The lowest BCUT2D eigenvalue weighted by molar-refractivity contribution is 0.454. The molecule has 0 aliphatic carbocycles. The summed E-state index contributed by atoms with van der Waals surface area (Å²) in [4.78, 5) is 0. The summed E-state index contributed by atoms with van der Waals surface area (Å²) in [7, 11) is -1.66. The molecule has 2 nitrogen and oxygen atoms in total. The average molecular weight is 377 g/mol. The Morgan fingerprint density at radius 2 is 1.18 bits per heavy atom. The molecular formula is C24H18BO2Si. The van der Waals surface area contributed by atoms with Gasteiger partial charge in [-0.1, -0.05) is 91.0 Å². The van der Waals surface area contributed by atoms with Crippen LogP contribution in [0.3, 0.4) is 0 Å². The number of hydrogen-bond donors (Lipinski definition) is 1. The van der Waals surface area contributed by atoms with Crippen LogP contribution in [0, 0.1) is 0 Å². The van der Waals surface area contributed by atoms with Crippen molar-refractivity contribution in [2.75, 3.05) is 0 Å². The molecule has 1 radical (unpaired) electrons. The Kier molecular flexibility index (Phi) is 4.15. The van der Waals surface area contributed by atoms with Crippen molar-refractivity contribution in [3.63, 3.8) is 0 Å². The summed E-state index contributed by atoms with van der Waals surface area (Å²) in [5, 5.41) is 14.6. The van der Waals surface area contributed by atoms with Gasteiger partial charge in [0, 0.05) is 0 Å². The topological polar surface area (TPSA) is 29.5 Å². The quantitative estimate of drug-likeness (QED) is 0.485. The molecule has 1 aliphatic heterocycles. The second kappa shape index (κ2) is 6.82. The van der Waals surface area contributed by atoms with Crippen molar-refractivity contribution >= 4 is 36.5 Å². The minimum atomic E-state index is -2.40. The summed E-state index contributed by atoms with van der Waals surface area (Å²) < 4.78 is 5.27. The molecule has 4 aromatic carbocycles. The molecule has 0 saturated heterocycles. The second-order valence-corrected chi connectivity index (χ2v) is 10.7. The maximum Gasteiger partial charge on any atom is 0.569 e. The highest BCUT2D eigenvalue weighted by molar-refractivity contribution is 7.22. The first kappa shape index (κ1) is 17.0. The third-order valence-corrected chi connectivity index (χ3v) is 10.5. The van der Waals surface area contributed by atoms with Crippen LogP contribution >= 0.6 is 0 Å². The van der Waals surface area contributed by atoms with E-state index in [9.17, 15) is 0 Å². The molecule has 4 heteroatoms. The van der Waals surface area contributed by atoms with Gasteiger partial charge < -0.3 is 9.68 Å². The third-order valence-electron chi connectivity index (χ3n) is 5.62. The lowest BCUT2D eigenvalue weighted by Crippen LogP contribution is -2.72. The van der Waals surface area contributed by atoms with Gasteiger partial charge in [0.05, 0.1) is 0 Å². The van der Waals surface area contributed by atoms with E-state index in [0.29, 0.717) is 5.75 Å². The highest BCUT2D eigenvalue weighted by Crippen LogP contribution is 2.31. The summed E-state index contributed by atoms with van der Waals surface area (Å²) in [6.07, 6.45) is 0. The van der Waals surface area contributed by atoms with Gasteiger partial charge in [-0.05, 0) is 44.0 Å². The van der Waals surface area contributed by atoms with E-state index < -0.39 is 8.07 Å². The third kappa shape index (κ3) is 2.39. The zero-order chi connectivity index (χ0) is 19.0. The van der Waals surface area contributed by atoms with Crippen LogP contribution in [0.15, 0.2) is 103 Å². The minimum absolute atomic E-state index is 0.641. The zero-order valence-electron chi connectivity index (χ0n) is 15.2. The number of fused-ring (bicyclic) bond motifs is 3. The highest BCUT2D eigenvalue weighted by Gasteiger charge is 2.48. The first-order valence-corrected chi connectivity index (χ1v) is 11.3. The molecule has 0 fully saturated rings. The minimum Gasteiger partial charge on any atom is -0.537 e. The zero-order valence-corrected chi connectivity index (χ0v) is 16.2. The van der Waals surface area contributed by atoms with Crippen LogP contribution in [-0.4, -0.2) is 20.8 Å². The van der Waals surface area contributed by atoms with Crippen LogP contribution in [0.4, 0.5) is 0 Å². The van der Waals surface area contributed by atoms with Gasteiger partial charge in [-0.3, -0.25) is 0 Å². The second-order valence-electron chi connectivity index (χ2n) is 6.96. The van der Waals surface area contributed by atoms with E-state index in [0.717, 1.165) is 7.69 Å². The van der Waals surface area contributed by atoms with E-state index in [2.05, 4.69) is 91.0 Å². The van der Waals surface area contributed by atoms with Crippen LogP contribution in [0.1, 0.15) is 0 Å². The van der Waals surface area contributed by atoms with Crippen LogP contribution in [-0.2, 0) is 0 Å². The molecule has 4 aromatic rings. The number of benzene rings is 4. The molecule has 0 unspecified atom stereocenters. The van der Waals surface area contributed by atoms with Crippen molar-refractivity contribution in [2.45, 2.75) is 0 Å². The van der Waals surface area contributed by atoms with E-state index in [-0.39, 0.29) is 0 Å². The Labute approximate surface area is 166 Å². The van der Waals surface area contributed by atoms with E-state index in [1.165, 1.54) is 31.9 Å². The van der Waals surface area contributed by atoms with Crippen molar-refractivity contribution in [2.24, 2.45) is 0 Å². The molecule has 1 N–H and O–H groups in total. The largest absolute Gasteiger partial charge is 0.569 e. The van der Waals surface area contributed by atoms with Crippen molar-refractivity contribution in [3.05, 3.63) is 103 Å². The summed E-state index contributed by atoms with van der Waals surface area (Å²) in [5.41, 5.74) is 2.44. The summed E-state index contributed by atoms with van der Waals surface area (Å²) in [6, 6.07) is 36.6. The van der Waals surface area contributed by atoms with E-state index >= 15 is 0 Å². The molecule has 1 heterocycles. The first-order chi connectivity index (χ1) is 13.9. The van der Waals surface area contributed by atoms with Gasteiger partial charge >= 0.3 is 7.69 Å². The van der Waals surface area contributed by atoms with Gasteiger partial charge in [-0.15, -0.1) is 0 Å². The molecule has 0 spiro atoms. The molecule has 5 rings (SSSR count). The number of hydrogen-bond acceptors (Lipinski definition) is 2. The van der Waals surface area contributed by atoms with Crippen LogP contribution < -0.4 is 25.4 Å². The molecule has 0 atom stereocenters. The van der Waals surface area contributed by atoms with Crippen molar-refractivity contribution in [1.82, 2.24) is 0 Å². The molecule has 0 aromatic heterocycles. The SMILES string of the molecule is O[B]Oc1ccc2c(c1)-c1ccccc1[Si]2(c1ccccc1)c1ccccc1. The van der Waals surface area contributed by atoms with Crippen LogP contribution in [0.25, 0.3) is 11.1 Å². The van der Waals surface area contributed by atoms with Gasteiger partial charge in [0.1, 0.15) is 5.75 Å². The summed E-state index contributed by atoms with van der Waals surface area (Å²) >= 11 is 0. The predicted octanol–water partition coefficient (Wildman–Crippen LogP) is 1.95. The monoisotopic (exact) mass is 377 g/mol. The molecule has 133 valence electrons. The van der Waals surface area contributed by atoms with E-state index in [1.54, 1.807) is 0 Å². The molecule has 0 amide bonds. The first-order valence-electron chi connectivity index (χ1n) is 9.33. The fourth-order valence-electron chi connectivity index (χ4n) is 4.56. The molecular weight excluding hydrogens is 359 g/mol. The Morgan fingerprint density at radius 1 is 0.607 bits per heavy atom. The molecule has 0 saturated carbocycles. The van der Waals surface area contributed by atoms with Crippen LogP contribution in [0.5, 0.6) is 5.75 Å². The van der Waals surface area contributed by atoms with Gasteiger partial charge in [0.15, 0.2) is 8.07 Å². The standard InChI is InChI=1S/C24H18BO2Si/c26-25-27-18-15-16-24-22(17-18)21-13-7-8-14-23(21)28(24,19-9-3-1-4-10-19)20-11-5-2-6-12-20/h1-17,26H. The van der Waals surface area contributed by atoms with Crippen molar-refractivity contribution in [3.8, 4) is 16.9 Å². The smallest absolute Gasteiger partial charge is 0.537 e. The van der Waals surface area contributed by atoms with E-state index in [4.69, 9.17) is 9.68 Å². The van der Waals surface area contributed by atoms with Crippen LogP contribution in [0.2, 0.25) is 0 Å². The Bertz CT molecular complexity index is 1090. The molecule has 28 heavy (non-hydrogen) atoms. The molecule has 1 aliphatic rings. The molecule has 0 bridgehead atoms. The van der Waals surface area contributed by atoms with Gasteiger partial charge in [0.25, 0.3) is 0 Å². The fourth-order valence-corrected chi connectivity index (χ4v) is 9.73. The summed E-state index contributed by atoms with van der Waals surface area (Å²) in [5.74, 6) is 0.641. The Morgan fingerprint density at radius 3 is 1.82 bits per heavy atom. The average Bonchev–Trinajstić information content (AvgIpc) is 3.06. The van der Waals surface area contributed by atoms with E-state index in [1.807, 2.05) is 12.1 Å². The Balaban J connectivity index is 1.91. The van der Waals surface area contributed by atoms with Gasteiger partial charge in [-0.2, -0.15) is 0 Å². The Hall–Kier alpha value is -3.08. The predicted molar refractivity (Wildman–Crippen MR) is 118 cm³/mol. The normalized spacial score (nSPS) is 13.5. The lowest BCUT2D eigenvalue weighted by atomic mass is 10.1. The summed E-state index contributed by atoms with van der Waals surface area (Å²) in [6.45, 7) is 0. The maximum absolute atomic E-state index is 9.08. The fraction of sp³-hybridized carbons (Fsp3) is 0.